The first-order valence-electron chi connectivity index (χ1n) is 10.1. The van der Waals surface area contributed by atoms with Crippen molar-refractivity contribution in [3.63, 3.8) is 0 Å². The van der Waals surface area contributed by atoms with Crippen molar-refractivity contribution in [2.75, 3.05) is 10.0 Å². The van der Waals surface area contributed by atoms with Gasteiger partial charge in [-0.2, -0.15) is 0 Å². The van der Waals surface area contributed by atoms with Crippen molar-refractivity contribution in [1.29, 1.82) is 0 Å². The quantitative estimate of drug-likeness (QED) is 0.429. The van der Waals surface area contributed by atoms with Crippen LogP contribution >= 0.6 is 0 Å². The number of hydrogen-bond acceptors (Lipinski definition) is 5. The van der Waals surface area contributed by atoms with E-state index in [-0.39, 0.29) is 10.7 Å². The van der Waals surface area contributed by atoms with Crippen LogP contribution < -0.4 is 10.0 Å². The number of aromatic nitrogens is 2. The number of anilines is 3. The second kappa shape index (κ2) is 8.35. The van der Waals surface area contributed by atoms with Crippen LogP contribution in [-0.4, -0.2) is 18.4 Å². The summed E-state index contributed by atoms with van der Waals surface area (Å²) in [4.78, 5) is 9.40. The van der Waals surface area contributed by atoms with E-state index in [0.29, 0.717) is 16.9 Å². The zero-order valence-corrected chi connectivity index (χ0v) is 18.5. The van der Waals surface area contributed by atoms with E-state index < -0.39 is 10.0 Å². The summed E-state index contributed by atoms with van der Waals surface area (Å²) in [5.41, 5.74) is 5.18. The van der Waals surface area contributed by atoms with Crippen LogP contribution in [0.3, 0.4) is 0 Å². The van der Waals surface area contributed by atoms with Gasteiger partial charge in [-0.05, 0) is 67.3 Å². The van der Waals surface area contributed by atoms with Gasteiger partial charge >= 0.3 is 0 Å². The molecular weight excluding hydrogens is 408 g/mol. The van der Waals surface area contributed by atoms with Crippen LogP contribution in [0.25, 0.3) is 11.0 Å². The van der Waals surface area contributed by atoms with Crippen molar-refractivity contribution in [3.05, 3.63) is 83.4 Å². The van der Waals surface area contributed by atoms with E-state index in [1.807, 2.05) is 56.3 Å². The third-order valence-corrected chi connectivity index (χ3v) is 6.58. The van der Waals surface area contributed by atoms with Crippen LogP contribution in [0.5, 0.6) is 0 Å². The summed E-state index contributed by atoms with van der Waals surface area (Å²) in [6.45, 7) is 5.90. The molecular formula is C24H24N4O2S. The molecule has 2 N–H and O–H groups in total. The van der Waals surface area contributed by atoms with E-state index >= 15 is 0 Å². The maximum atomic E-state index is 13.1. The Morgan fingerprint density at radius 1 is 0.806 bits per heavy atom. The number of para-hydroxylation sites is 3. The third-order valence-electron chi connectivity index (χ3n) is 5.24. The molecule has 1 heterocycles. The van der Waals surface area contributed by atoms with Gasteiger partial charge in [-0.15, -0.1) is 0 Å². The molecule has 1 aromatic heterocycles. The highest BCUT2D eigenvalue weighted by atomic mass is 32.2. The van der Waals surface area contributed by atoms with Crippen molar-refractivity contribution in [2.45, 2.75) is 32.1 Å². The van der Waals surface area contributed by atoms with Crippen LogP contribution in [0.15, 0.2) is 71.6 Å². The number of nitrogens with one attached hydrogen (secondary N) is 2. The molecule has 0 amide bonds. The first kappa shape index (κ1) is 20.8. The van der Waals surface area contributed by atoms with E-state index in [4.69, 9.17) is 0 Å². The molecule has 0 aliphatic carbocycles. The fourth-order valence-electron chi connectivity index (χ4n) is 3.30. The Labute approximate surface area is 182 Å². The van der Waals surface area contributed by atoms with Crippen LogP contribution in [0.4, 0.5) is 17.3 Å². The summed E-state index contributed by atoms with van der Waals surface area (Å²) >= 11 is 0. The summed E-state index contributed by atoms with van der Waals surface area (Å²) in [6.07, 6.45) is 0.827. The predicted octanol–water partition coefficient (Wildman–Crippen LogP) is 5.35. The molecule has 0 atom stereocenters. The summed E-state index contributed by atoms with van der Waals surface area (Å²) in [5, 5.41) is 3.28. The van der Waals surface area contributed by atoms with Gasteiger partial charge in [0.2, 0.25) is 0 Å². The lowest BCUT2D eigenvalue weighted by atomic mass is 10.1. The van der Waals surface area contributed by atoms with Crippen molar-refractivity contribution in [1.82, 2.24) is 9.97 Å². The van der Waals surface area contributed by atoms with Crippen LogP contribution in [0, 0.1) is 13.8 Å². The Morgan fingerprint density at radius 3 is 2.13 bits per heavy atom. The maximum absolute atomic E-state index is 13.1. The SMILES string of the molecule is CCc1ccccc1Nc1nc2ccccc2nc1NS(=O)(=O)c1ccc(C)c(C)c1. The molecule has 7 heteroatoms. The Bertz CT molecular complexity index is 1370. The molecule has 0 fully saturated rings. The fourth-order valence-corrected chi connectivity index (χ4v) is 4.40. The standard InChI is InChI=1S/C24H24N4O2S/c1-4-18-9-5-6-10-20(18)25-23-24(27-22-12-8-7-11-21(22)26-23)28-31(29,30)19-14-13-16(2)17(3)15-19/h5-15H,4H2,1-3H3,(H,25,26)(H,27,28). The summed E-state index contributed by atoms with van der Waals surface area (Å²) in [5.74, 6) is 0.509. The van der Waals surface area contributed by atoms with Crippen molar-refractivity contribution < 1.29 is 8.42 Å². The van der Waals surface area contributed by atoms with Gasteiger partial charge in [-0.25, -0.2) is 18.4 Å². The molecule has 0 bridgehead atoms. The zero-order valence-electron chi connectivity index (χ0n) is 17.7. The van der Waals surface area contributed by atoms with Gasteiger partial charge in [0.15, 0.2) is 11.6 Å². The first-order valence-corrected chi connectivity index (χ1v) is 11.6. The minimum atomic E-state index is -3.84. The smallest absolute Gasteiger partial charge is 0.263 e. The summed E-state index contributed by atoms with van der Waals surface area (Å²) in [7, 11) is -3.84. The Kier molecular flexibility index (Phi) is 5.61. The van der Waals surface area contributed by atoms with Crippen LogP contribution in [0.1, 0.15) is 23.6 Å². The molecule has 0 saturated carbocycles. The van der Waals surface area contributed by atoms with Gasteiger partial charge in [0.25, 0.3) is 10.0 Å². The monoisotopic (exact) mass is 432 g/mol. The number of hydrogen-bond donors (Lipinski definition) is 2. The number of aryl methyl sites for hydroxylation is 3. The Balaban J connectivity index is 1.80. The van der Waals surface area contributed by atoms with Gasteiger partial charge in [0, 0.05) is 5.69 Å². The largest absolute Gasteiger partial charge is 0.337 e. The fraction of sp³-hybridized carbons (Fsp3) is 0.167. The maximum Gasteiger partial charge on any atom is 0.263 e. The van der Waals surface area contributed by atoms with E-state index in [1.54, 1.807) is 24.3 Å². The molecule has 0 unspecified atom stereocenters. The van der Waals surface area contributed by atoms with E-state index in [9.17, 15) is 8.42 Å². The minimum absolute atomic E-state index is 0.155. The molecule has 0 spiro atoms. The highest BCUT2D eigenvalue weighted by molar-refractivity contribution is 7.92. The van der Waals surface area contributed by atoms with Crippen molar-refractivity contribution in [2.24, 2.45) is 0 Å². The Morgan fingerprint density at radius 2 is 1.45 bits per heavy atom. The minimum Gasteiger partial charge on any atom is -0.337 e. The molecule has 3 aromatic carbocycles. The highest BCUT2D eigenvalue weighted by Crippen LogP contribution is 2.29. The second-order valence-electron chi connectivity index (χ2n) is 7.40. The average Bonchev–Trinajstić information content (AvgIpc) is 2.76. The highest BCUT2D eigenvalue weighted by Gasteiger charge is 2.20. The number of benzene rings is 3. The molecule has 0 aliphatic heterocycles. The van der Waals surface area contributed by atoms with Crippen LogP contribution in [-0.2, 0) is 16.4 Å². The van der Waals surface area contributed by atoms with Crippen molar-refractivity contribution in [3.8, 4) is 0 Å². The zero-order chi connectivity index (χ0) is 22.0. The first-order chi connectivity index (χ1) is 14.9. The van der Waals surface area contributed by atoms with Gasteiger partial charge < -0.3 is 5.32 Å². The molecule has 4 aromatic rings. The molecule has 0 aliphatic rings. The number of rotatable bonds is 6. The van der Waals surface area contributed by atoms with Gasteiger partial charge in [0.1, 0.15) is 0 Å². The molecule has 6 nitrogen and oxygen atoms in total. The van der Waals surface area contributed by atoms with E-state index in [2.05, 4.69) is 26.9 Å². The van der Waals surface area contributed by atoms with E-state index in [0.717, 1.165) is 28.8 Å². The average molecular weight is 433 g/mol. The van der Waals surface area contributed by atoms with Crippen molar-refractivity contribution >= 4 is 38.4 Å². The Hall–Kier alpha value is -3.45. The summed E-state index contributed by atoms with van der Waals surface area (Å²) < 4.78 is 28.9. The third kappa shape index (κ3) is 4.36. The lowest BCUT2D eigenvalue weighted by Crippen LogP contribution is -2.16. The molecule has 158 valence electrons. The number of nitrogens with zero attached hydrogens (tertiary/aromatic N) is 2. The number of fused-ring (bicyclic) bond motifs is 1. The molecule has 0 radical (unpaired) electrons. The topological polar surface area (TPSA) is 84.0 Å². The molecule has 31 heavy (non-hydrogen) atoms. The van der Waals surface area contributed by atoms with Crippen LogP contribution in [0.2, 0.25) is 0 Å². The molecule has 0 saturated heterocycles. The van der Waals surface area contributed by atoms with E-state index in [1.165, 1.54) is 0 Å². The van der Waals surface area contributed by atoms with Gasteiger partial charge in [0.05, 0.1) is 15.9 Å². The summed E-state index contributed by atoms with van der Waals surface area (Å²) in [6, 6.07) is 20.3. The predicted molar refractivity (Wildman–Crippen MR) is 125 cm³/mol. The number of sulfonamides is 1. The molecule has 4 rings (SSSR count). The second-order valence-corrected chi connectivity index (χ2v) is 9.08. The normalized spacial score (nSPS) is 11.5. The van der Waals surface area contributed by atoms with Gasteiger partial charge in [-0.1, -0.05) is 43.3 Å². The lowest BCUT2D eigenvalue weighted by molar-refractivity contribution is 0.601. The van der Waals surface area contributed by atoms with Gasteiger partial charge in [-0.3, -0.25) is 4.72 Å². The lowest BCUT2D eigenvalue weighted by Gasteiger charge is -2.16.